The van der Waals surface area contributed by atoms with Crippen LogP contribution in [0.25, 0.3) is 0 Å². The van der Waals surface area contributed by atoms with Gasteiger partial charge in [-0.25, -0.2) is 14.8 Å². The van der Waals surface area contributed by atoms with Gasteiger partial charge in [0.2, 0.25) is 5.95 Å². The molecule has 3 aliphatic heterocycles. The molecule has 0 radical (unpaired) electrons. The van der Waals surface area contributed by atoms with Crippen molar-refractivity contribution < 1.29 is 18.8 Å². The molecule has 1 unspecified atom stereocenters. The van der Waals surface area contributed by atoms with Crippen molar-refractivity contribution in [2.75, 3.05) is 48.9 Å². The summed E-state index contributed by atoms with van der Waals surface area (Å²) in [5.41, 5.74) is 1.30. The molecule has 2 aromatic rings. The van der Waals surface area contributed by atoms with Crippen molar-refractivity contribution in [3.05, 3.63) is 21.8 Å². The minimum atomic E-state index is -0.816. The Balaban J connectivity index is 1.31. The summed E-state index contributed by atoms with van der Waals surface area (Å²) >= 11 is 0.620. The number of ether oxygens (including phenoxy) is 2. The quantitative estimate of drug-likeness (QED) is 0.525. The smallest absolute Gasteiger partial charge is 0.358 e. The number of carbonyl (C=O) groups is 1. The van der Waals surface area contributed by atoms with Crippen LogP contribution in [0.3, 0.4) is 0 Å². The van der Waals surface area contributed by atoms with Gasteiger partial charge in [0, 0.05) is 38.1 Å². The Hall–Kier alpha value is -1.95. The molecular formula is C20H26N5O4S2+. The number of rotatable bonds is 5. The molecule has 0 aliphatic carbocycles. The minimum absolute atomic E-state index is 0.199. The van der Waals surface area contributed by atoms with E-state index in [1.54, 1.807) is 5.38 Å². The van der Waals surface area contributed by atoms with Gasteiger partial charge in [0.05, 0.1) is 18.1 Å². The molecule has 166 valence electrons. The molecule has 5 heterocycles. The van der Waals surface area contributed by atoms with Gasteiger partial charge in [-0.3, -0.25) is 0 Å². The van der Waals surface area contributed by atoms with Gasteiger partial charge in [0.15, 0.2) is 28.4 Å². The van der Waals surface area contributed by atoms with E-state index < -0.39 is 11.2 Å². The number of aryl methyl sites for hydroxylation is 2. The predicted molar refractivity (Wildman–Crippen MR) is 119 cm³/mol. The fraction of sp³-hybridized carbons (Fsp3) is 0.600. The van der Waals surface area contributed by atoms with Crippen LogP contribution < -0.4 is 9.80 Å². The number of hydrogen-bond acceptors (Lipinski definition) is 10. The summed E-state index contributed by atoms with van der Waals surface area (Å²) in [5.74, 6) is 1.79. The van der Waals surface area contributed by atoms with E-state index in [0.717, 1.165) is 53.9 Å². The predicted octanol–water partition coefficient (Wildman–Crippen LogP) is 1.91. The standard InChI is InChI=1S/C20H26N5O4S2/c1-12-21-16(11-30-12)19(26)29-14-9-25(10-14)20-22-15-5-8-31(27)17(15)18(23-20)24(2)13-3-6-28-7-4-13/h11,13-14,27H,3-10H2,1-2H3/q+1. The van der Waals surface area contributed by atoms with Gasteiger partial charge in [-0.05, 0) is 19.8 Å². The maximum atomic E-state index is 12.2. The van der Waals surface area contributed by atoms with E-state index in [-0.39, 0.29) is 12.1 Å². The molecule has 2 aromatic heterocycles. The average molecular weight is 465 g/mol. The first-order chi connectivity index (χ1) is 15.0. The second-order valence-electron chi connectivity index (χ2n) is 8.08. The van der Waals surface area contributed by atoms with Crippen molar-refractivity contribution in [2.45, 2.75) is 43.2 Å². The summed E-state index contributed by atoms with van der Waals surface area (Å²) in [4.78, 5) is 31.1. The average Bonchev–Trinajstić information content (AvgIpc) is 3.35. The van der Waals surface area contributed by atoms with Gasteiger partial charge in [-0.2, -0.15) is 9.54 Å². The third-order valence-corrected chi connectivity index (χ3v) is 8.23. The largest absolute Gasteiger partial charge is 0.454 e. The van der Waals surface area contributed by atoms with Crippen LogP contribution in [0.15, 0.2) is 10.3 Å². The Labute approximate surface area is 188 Å². The van der Waals surface area contributed by atoms with E-state index in [4.69, 9.17) is 19.4 Å². The molecule has 1 N–H and O–H groups in total. The fourth-order valence-corrected chi connectivity index (χ4v) is 6.14. The number of carbonyl (C=O) groups excluding carboxylic acids is 1. The molecular weight excluding hydrogens is 438 g/mol. The molecule has 0 saturated carbocycles. The van der Waals surface area contributed by atoms with Crippen molar-refractivity contribution in [1.29, 1.82) is 0 Å². The summed E-state index contributed by atoms with van der Waals surface area (Å²) in [5, 5.41) is 2.57. The highest BCUT2D eigenvalue weighted by Crippen LogP contribution is 2.36. The lowest BCUT2D eigenvalue weighted by Crippen LogP contribution is -2.54. The van der Waals surface area contributed by atoms with Crippen LogP contribution in [-0.4, -0.2) is 76.7 Å². The molecule has 0 bridgehead atoms. The Morgan fingerprint density at radius 1 is 1.32 bits per heavy atom. The summed E-state index contributed by atoms with van der Waals surface area (Å²) in [7, 11) is 2.05. The minimum Gasteiger partial charge on any atom is -0.454 e. The van der Waals surface area contributed by atoms with E-state index in [0.29, 0.717) is 36.5 Å². The lowest BCUT2D eigenvalue weighted by atomic mass is 10.1. The molecule has 5 rings (SSSR count). The number of fused-ring (bicyclic) bond motifs is 1. The zero-order chi connectivity index (χ0) is 21.5. The van der Waals surface area contributed by atoms with Gasteiger partial charge >= 0.3 is 5.97 Å². The number of anilines is 2. The van der Waals surface area contributed by atoms with Crippen molar-refractivity contribution in [3.8, 4) is 0 Å². The topological polar surface area (TPSA) is 101 Å². The molecule has 2 fully saturated rings. The number of hydrogen-bond donors (Lipinski definition) is 1. The van der Waals surface area contributed by atoms with Crippen molar-refractivity contribution in [2.24, 2.45) is 0 Å². The zero-order valence-electron chi connectivity index (χ0n) is 17.6. The second-order valence-corrected chi connectivity index (χ2v) is 10.7. The monoisotopic (exact) mass is 464 g/mol. The van der Waals surface area contributed by atoms with E-state index >= 15 is 0 Å². The Bertz CT molecular complexity index is 974. The van der Waals surface area contributed by atoms with Crippen LogP contribution in [0.2, 0.25) is 0 Å². The summed E-state index contributed by atoms with van der Waals surface area (Å²) in [6.07, 6.45) is 2.45. The second kappa shape index (κ2) is 8.53. The first-order valence-corrected chi connectivity index (χ1v) is 12.7. The Morgan fingerprint density at radius 3 is 2.81 bits per heavy atom. The van der Waals surface area contributed by atoms with Gasteiger partial charge in [-0.1, -0.05) is 0 Å². The van der Waals surface area contributed by atoms with Gasteiger partial charge in [0.1, 0.15) is 11.8 Å². The molecule has 0 aromatic carbocycles. The Morgan fingerprint density at radius 2 is 2.10 bits per heavy atom. The summed E-state index contributed by atoms with van der Waals surface area (Å²) in [6.45, 7) is 4.47. The molecule has 0 amide bonds. The molecule has 0 spiro atoms. The van der Waals surface area contributed by atoms with Crippen LogP contribution in [0.4, 0.5) is 11.8 Å². The first-order valence-electron chi connectivity index (χ1n) is 10.5. The van der Waals surface area contributed by atoms with Crippen LogP contribution in [0.1, 0.15) is 34.0 Å². The van der Waals surface area contributed by atoms with Crippen LogP contribution >= 0.6 is 11.3 Å². The van der Waals surface area contributed by atoms with E-state index in [1.807, 2.05) is 11.8 Å². The zero-order valence-corrected chi connectivity index (χ0v) is 19.2. The third-order valence-electron chi connectivity index (χ3n) is 5.98. The molecule has 31 heavy (non-hydrogen) atoms. The Kier molecular flexibility index (Phi) is 5.76. The van der Waals surface area contributed by atoms with Gasteiger partial charge in [0.25, 0.3) is 4.90 Å². The molecule has 9 nitrogen and oxygen atoms in total. The van der Waals surface area contributed by atoms with Gasteiger partial charge in [-0.15, -0.1) is 11.3 Å². The highest BCUT2D eigenvalue weighted by molar-refractivity contribution is 7.92. The summed E-state index contributed by atoms with van der Waals surface area (Å²) < 4.78 is 21.7. The highest BCUT2D eigenvalue weighted by atomic mass is 32.2. The van der Waals surface area contributed by atoms with E-state index in [1.165, 1.54) is 11.3 Å². The van der Waals surface area contributed by atoms with Crippen LogP contribution in [-0.2, 0) is 27.1 Å². The molecule has 3 aliphatic rings. The SMILES string of the molecule is Cc1nc(C(=O)OC2CN(c3nc4c(c(N(C)C5CCOCC5)n3)[S+](O)CC4)C2)cs1. The fourth-order valence-electron chi connectivity index (χ4n) is 4.15. The first kappa shape index (κ1) is 20.9. The van der Waals surface area contributed by atoms with E-state index in [2.05, 4.69) is 16.9 Å². The van der Waals surface area contributed by atoms with Crippen molar-refractivity contribution in [1.82, 2.24) is 15.0 Å². The maximum Gasteiger partial charge on any atom is 0.358 e. The molecule has 2 saturated heterocycles. The maximum absolute atomic E-state index is 12.2. The lowest BCUT2D eigenvalue weighted by molar-refractivity contribution is 0.0225. The number of aromatic nitrogens is 3. The summed E-state index contributed by atoms with van der Waals surface area (Å²) in [6, 6.07) is 0.338. The van der Waals surface area contributed by atoms with Crippen LogP contribution in [0.5, 0.6) is 0 Å². The molecule has 11 heteroatoms. The van der Waals surface area contributed by atoms with Gasteiger partial charge < -0.3 is 19.3 Å². The van der Waals surface area contributed by atoms with Crippen LogP contribution in [0, 0.1) is 6.92 Å². The van der Waals surface area contributed by atoms with Crippen molar-refractivity contribution in [3.63, 3.8) is 0 Å². The highest BCUT2D eigenvalue weighted by Gasteiger charge is 2.42. The third kappa shape index (κ3) is 4.11. The molecule has 1 atom stereocenters. The lowest BCUT2D eigenvalue weighted by Gasteiger charge is -2.39. The number of nitrogens with zero attached hydrogens (tertiary/aromatic N) is 5. The normalized spacial score (nSPS) is 21.6. The number of thiazole rings is 1. The number of esters is 1. The van der Waals surface area contributed by atoms with Crippen molar-refractivity contribution >= 4 is 40.2 Å². The van der Waals surface area contributed by atoms with E-state index in [9.17, 15) is 9.35 Å².